The Bertz CT molecular complexity index is 1200. The number of hydrogen-bond acceptors (Lipinski definition) is 10. The van der Waals surface area contributed by atoms with Crippen LogP contribution in [-0.2, 0) is 34.6 Å². The van der Waals surface area contributed by atoms with Gasteiger partial charge in [-0.3, -0.25) is 24.9 Å². The van der Waals surface area contributed by atoms with E-state index in [9.17, 15) is 19.2 Å². The van der Waals surface area contributed by atoms with Gasteiger partial charge in [-0.05, 0) is 76.6 Å². The van der Waals surface area contributed by atoms with Crippen molar-refractivity contribution in [1.29, 1.82) is 0 Å². The highest BCUT2D eigenvalue weighted by Gasteiger charge is 2.20. The van der Waals surface area contributed by atoms with Crippen molar-refractivity contribution in [2.24, 2.45) is 11.8 Å². The standard InChI is InChI=1S/2C9H12O2.C5H10O2.C4H10O2.C4H8O2.C4H6O2.C3H6O2/c1-7(2)8-3-5-9(11-10)6-4-8;1-9(2,11-10)8-6-4-3-5-7-8;1-4(2)3-5(6)7;1-4(2,3)6-5;2*1-3(2)4(5)6;1-2-3(4)5/h2*3-7,10H,1-2H3;4H,3H2,1-2H3,(H,6,7);5H,1-3H3;3H,1-2H3,(H,5,6);1H2,2H3,(H,5,6);2H2,1H3,(H,4,5). The average Bonchev–Trinajstić information content (AvgIpc) is 3.05. The fourth-order valence-corrected chi connectivity index (χ4v) is 2.16. The Balaban J connectivity index is -0.000000169. The first-order chi connectivity index (χ1) is 23.6. The maximum absolute atomic E-state index is 9.81. The normalized spacial score (nSPS) is 9.90. The van der Waals surface area contributed by atoms with E-state index in [0.29, 0.717) is 11.7 Å². The van der Waals surface area contributed by atoms with Gasteiger partial charge in [-0.15, -0.1) is 0 Å². The maximum Gasteiger partial charge on any atom is 0.330 e. The van der Waals surface area contributed by atoms with Crippen LogP contribution in [0.1, 0.15) is 120 Å². The molecule has 0 radical (unpaired) electrons. The van der Waals surface area contributed by atoms with Crippen LogP contribution in [-0.4, -0.2) is 65.7 Å². The molecule has 0 amide bonds. The number of carboxylic acids is 4. The van der Waals surface area contributed by atoms with Crippen LogP contribution in [0.5, 0.6) is 5.75 Å². The quantitative estimate of drug-likeness (QED) is 0.0719. The van der Waals surface area contributed by atoms with E-state index < -0.39 is 35.1 Å². The minimum atomic E-state index is -0.935. The third-order valence-corrected chi connectivity index (χ3v) is 5.37. The van der Waals surface area contributed by atoms with Crippen molar-refractivity contribution in [2.45, 2.75) is 120 Å². The van der Waals surface area contributed by atoms with Crippen LogP contribution >= 0.6 is 0 Å². The predicted molar refractivity (Wildman–Crippen MR) is 200 cm³/mol. The first kappa shape index (κ1) is 57.0. The van der Waals surface area contributed by atoms with Crippen molar-refractivity contribution in [1.82, 2.24) is 0 Å². The Kier molecular flexibility index (Phi) is 35.7. The van der Waals surface area contributed by atoms with Gasteiger partial charge in [0, 0.05) is 18.4 Å². The van der Waals surface area contributed by atoms with Gasteiger partial charge in [0.1, 0.15) is 5.60 Å². The SMILES string of the molecule is C=C(C)C(=O)O.CC(C)(C)OO.CC(C)(OO)c1ccccc1.CC(C)C(=O)O.CC(C)CC(=O)O.CC(C)c1ccc(OO)cc1.CCC(=O)O. The van der Waals surface area contributed by atoms with E-state index >= 15 is 0 Å². The lowest BCUT2D eigenvalue weighted by molar-refractivity contribution is -0.318. The zero-order chi connectivity index (χ0) is 42.3. The molecular formula is C38H64O14. The number of aliphatic carboxylic acids is 4. The summed E-state index contributed by atoms with van der Waals surface area (Å²) in [4.78, 5) is 50.8. The minimum absolute atomic E-state index is 0.176. The van der Waals surface area contributed by atoms with Gasteiger partial charge in [-0.1, -0.05) is 97.5 Å². The van der Waals surface area contributed by atoms with Crippen molar-refractivity contribution in [3.8, 4) is 5.75 Å². The number of hydrogen-bond donors (Lipinski definition) is 7. The second kappa shape index (κ2) is 32.6. The molecule has 300 valence electrons. The Morgan fingerprint density at radius 2 is 1.08 bits per heavy atom. The molecule has 0 bridgehead atoms. The second-order valence-corrected chi connectivity index (χ2v) is 13.3. The zero-order valence-electron chi connectivity index (χ0n) is 33.0. The topological polar surface area (TPSA) is 238 Å². The lowest BCUT2D eigenvalue weighted by Gasteiger charge is -2.20. The molecule has 0 heterocycles. The van der Waals surface area contributed by atoms with Gasteiger partial charge in [0.25, 0.3) is 0 Å². The van der Waals surface area contributed by atoms with E-state index in [1.165, 1.54) is 12.5 Å². The van der Waals surface area contributed by atoms with Crippen molar-refractivity contribution in [3.63, 3.8) is 0 Å². The fraction of sp³-hybridized carbons (Fsp3) is 0.526. The Hall–Kier alpha value is -4.34. The molecule has 14 nitrogen and oxygen atoms in total. The van der Waals surface area contributed by atoms with E-state index in [1.807, 2.05) is 70.2 Å². The van der Waals surface area contributed by atoms with Crippen LogP contribution in [0.15, 0.2) is 66.7 Å². The lowest BCUT2D eigenvalue weighted by atomic mass is 9.99. The Morgan fingerprint density at radius 3 is 1.25 bits per heavy atom. The van der Waals surface area contributed by atoms with Gasteiger partial charge in [-0.2, -0.15) is 0 Å². The molecule has 0 atom stereocenters. The van der Waals surface area contributed by atoms with Gasteiger partial charge >= 0.3 is 23.9 Å². The summed E-state index contributed by atoms with van der Waals surface area (Å²) in [6, 6.07) is 17.0. The van der Waals surface area contributed by atoms with Gasteiger partial charge in [-0.25, -0.2) is 19.8 Å². The Labute approximate surface area is 309 Å². The van der Waals surface area contributed by atoms with Crippen LogP contribution < -0.4 is 4.89 Å². The lowest BCUT2D eigenvalue weighted by Crippen LogP contribution is -2.19. The molecule has 2 rings (SSSR count). The molecular weight excluding hydrogens is 680 g/mol. The molecule has 0 aliphatic rings. The van der Waals surface area contributed by atoms with Crippen molar-refractivity contribution < 1.29 is 70.0 Å². The molecule has 0 unspecified atom stereocenters. The van der Waals surface area contributed by atoms with E-state index in [2.05, 4.69) is 35.1 Å². The van der Waals surface area contributed by atoms with Crippen LogP contribution in [0.2, 0.25) is 0 Å². The van der Waals surface area contributed by atoms with E-state index in [4.69, 9.17) is 36.2 Å². The van der Waals surface area contributed by atoms with Gasteiger partial charge in [0.05, 0.1) is 11.5 Å². The number of carbonyl (C=O) groups is 4. The van der Waals surface area contributed by atoms with E-state index in [-0.39, 0.29) is 30.3 Å². The first-order valence-electron chi connectivity index (χ1n) is 16.3. The molecule has 52 heavy (non-hydrogen) atoms. The van der Waals surface area contributed by atoms with Crippen molar-refractivity contribution >= 4 is 23.9 Å². The molecule has 7 N–H and O–H groups in total. The van der Waals surface area contributed by atoms with Crippen molar-refractivity contribution in [2.75, 3.05) is 0 Å². The summed E-state index contributed by atoms with van der Waals surface area (Å²) in [6.45, 7) is 26.4. The average molecular weight is 745 g/mol. The summed E-state index contributed by atoms with van der Waals surface area (Å²) >= 11 is 0. The van der Waals surface area contributed by atoms with Crippen LogP contribution in [0.4, 0.5) is 0 Å². The molecule has 14 heteroatoms. The molecule has 0 aliphatic carbocycles. The Morgan fingerprint density at radius 1 is 0.712 bits per heavy atom. The van der Waals surface area contributed by atoms with Crippen LogP contribution in [0, 0.1) is 11.8 Å². The summed E-state index contributed by atoms with van der Waals surface area (Å²) in [5.74, 6) is -2.09. The molecule has 2 aromatic carbocycles. The minimum Gasteiger partial charge on any atom is -0.481 e. The number of carboxylic acid groups (broad SMARTS) is 4. The van der Waals surface area contributed by atoms with Crippen molar-refractivity contribution in [3.05, 3.63) is 77.9 Å². The summed E-state index contributed by atoms with van der Waals surface area (Å²) < 4.78 is 0. The maximum atomic E-state index is 9.81. The first-order valence-corrected chi connectivity index (χ1v) is 16.3. The van der Waals surface area contributed by atoms with Crippen LogP contribution in [0.3, 0.4) is 0 Å². The molecule has 0 aromatic heterocycles. The summed E-state index contributed by atoms with van der Waals surface area (Å²) in [5.41, 5.74) is 1.37. The van der Waals surface area contributed by atoms with E-state index in [1.54, 1.807) is 53.7 Å². The number of benzene rings is 2. The van der Waals surface area contributed by atoms with Gasteiger partial charge in [0.15, 0.2) is 5.75 Å². The third kappa shape index (κ3) is 43.7. The monoisotopic (exact) mass is 744 g/mol. The summed E-state index contributed by atoms with van der Waals surface area (Å²) in [7, 11) is 0. The molecule has 0 saturated heterocycles. The molecule has 0 saturated carbocycles. The predicted octanol–water partition coefficient (Wildman–Crippen LogP) is 9.32. The largest absolute Gasteiger partial charge is 0.481 e. The zero-order valence-corrected chi connectivity index (χ0v) is 33.0. The molecule has 2 aromatic rings. The second-order valence-electron chi connectivity index (χ2n) is 13.3. The fourth-order valence-electron chi connectivity index (χ4n) is 2.16. The molecule has 0 spiro atoms. The smallest absolute Gasteiger partial charge is 0.330 e. The number of rotatable bonds is 9. The summed E-state index contributed by atoms with van der Waals surface area (Å²) in [5, 5.41) is 56.4. The van der Waals surface area contributed by atoms with Gasteiger partial charge in [0.2, 0.25) is 0 Å². The highest BCUT2D eigenvalue weighted by atomic mass is 17.1. The third-order valence-electron chi connectivity index (χ3n) is 5.37. The van der Waals surface area contributed by atoms with Crippen LogP contribution in [0.25, 0.3) is 0 Å². The highest BCUT2D eigenvalue weighted by molar-refractivity contribution is 5.84. The molecule has 0 fully saturated rings. The van der Waals surface area contributed by atoms with E-state index in [0.717, 1.165) is 5.56 Å². The highest BCUT2D eigenvalue weighted by Crippen LogP contribution is 2.22. The molecule has 0 aliphatic heterocycles. The summed E-state index contributed by atoms with van der Waals surface area (Å²) in [6.07, 6.45) is 0.500. The van der Waals surface area contributed by atoms with Gasteiger partial charge < -0.3 is 25.3 Å².